The Morgan fingerprint density at radius 2 is 2.05 bits per heavy atom. The highest BCUT2D eigenvalue weighted by molar-refractivity contribution is 8.01. The van der Waals surface area contributed by atoms with E-state index in [0.29, 0.717) is 0 Å². The minimum Gasteiger partial charge on any atom is -0.409 e. The van der Waals surface area contributed by atoms with E-state index in [1.54, 1.807) is 11.8 Å². The van der Waals surface area contributed by atoms with E-state index >= 15 is 0 Å². The number of hydrogen-bond acceptors (Lipinski definition) is 5. The fourth-order valence-electron chi connectivity index (χ4n) is 2.87. The van der Waals surface area contributed by atoms with Gasteiger partial charge in [-0.15, -0.1) is 11.8 Å². The Kier molecular flexibility index (Phi) is 4.80. The van der Waals surface area contributed by atoms with E-state index in [4.69, 9.17) is 10.9 Å². The third kappa shape index (κ3) is 3.03. The van der Waals surface area contributed by atoms with E-state index in [0.717, 1.165) is 44.8 Å². The lowest BCUT2D eigenvalue weighted by atomic mass is 10.0. The fraction of sp³-hybridized carbons (Fsp3) is 0.846. The van der Waals surface area contributed by atoms with E-state index in [2.05, 4.69) is 17.0 Å². The van der Waals surface area contributed by atoms with Crippen molar-refractivity contribution in [1.82, 2.24) is 9.80 Å². The normalized spacial score (nSPS) is 30.5. The van der Waals surface area contributed by atoms with Gasteiger partial charge in [0.05, 0.1) is 10.8 Å². The van der Waals surface area contributed by atoms with Gasteiger partial charge in [-0.3, -0.25) is 9.69 Å². The second kappa shape index (κ2) is 6.22. The zero-order valence-electron chi connectivity index (χ0n) is 12.2. The van der Waals surface area contributed by atoms with E-state index in [1.165, 1.54) is 0 Å². The Bertz CT molecular complexity index is 388. The molecule has 114 valence electrons. The van der Waals surface area contributed by atoms with E-state index in [1.807, 2.05) is 11.8 Å². The van der Waals surface area contributed by atoms with Crippen LogP contribution in [0.3, 0.4) is 0 Å². The highest BCUT2D eigenvalue weighted by Crippen LogP contribution is 2.39. The summed E-state index contributed by atoms with van der Waals surface area (Å²) < 4.78 is -0.223. The summed E-state index contributed by atoms with van der Waals surface area (Å²) >= 11 is 1.79. The summed E-state index contributed by atoms with van der Waals surface area (Å²) in [6.07, 6.45) is 2.12. The van der Waals surface area contributed by atoms with Crippen LogP contribution in [0.1, 0.15) is 26.7 Å². The van der Waals surface area contributed by atoms with Gasteiger partial charge in [-0.05, 0) is 32.4 Å². The molecule has 2 rings (SSSR count). The van der Waals surface area contributed by atoms with Crippen molar-refractivity contribution in [2.45, 2.75) is 37.5 Å². The molecule has 7 heteroatoms. The molecule has 0 bridgehead atoms. The lowest BCUT2D eigenvalue weighted by molar-refractivity contribution is -0.135. The van der Waals surface area contributed by atoms with Crippen LogP contribution in [0.2, 0.25) is 0 Å². The molecule has 2 fully saturated rings. The van der Waals surface area contributed by atoms with Gasteiger partial charge in [0.25, 0.3) is 0 Å². The molecule has 20 heavy (non-hydrogen) atoms. The molecule has 3 N–H and O–H groups in total. The third-order valence-corrected chi connectivity index (χ3v) is 5.87. The molecule has 2 atom stereocenters. The van der Waals surface area contributed by atoms with E-state index in [-0.39, 0.29) is 22.5 Å². The number of amidine groups is 1. The predicted octanol–water partition coefficient (Wildman–Crippen LogP) is 0.551. The average Bonchev–Trinajstić information content (AvgIpc) is 2.93. The Morgan fingerprint density at radius 1 is 1.40 bits per heavy atom. The molecule has 0 aromatic heterocycles. The number of nitrogens with zero attached hydrogens (tertiary/aromatic N) is 3. The SMILES string of the molecule is CC(C(N)=NO)N1CCN(C(=O)C2(C)CCCS2)CC1. The number of thioether (sulfide) groups is 1. The third-order valence-electron chi connectivity index (χ3n) is 4.36. The molecular weight excluding hydrogens is 276 g/mol. The molecule has 0 aromatic rings. The van der Waals surface area contributed by atoms with Crippen LogP contribution in [-0.4, -0.2) is 69.5 Å². The number of rotatable bonds is 3. The maximum Gasteiger partial charge on any atom is 0.238 e. The maximum absolute atomic E-state index is 12.6. The smallest absolute Gasteiger partial charge is 0.238 e. The standard InChI is InChI=1S/C13H24N4O2S/c1-10(11(14)15-19)16-5-7-17(8-6-16)12(18)13(2)4-3-9-20-13/h10,19H,3-9H2,1-2H3,(H2,14,15). The highest BCUT2D eigenvalue weighted by atomic mass is 32.2. The molecule has 0 radical (unpaired) electrons. The molecule has 2 unspecified atom stereocenters. The van der Waals surface area contributed by atoms with Gasteiger partial charge in [-0.25, -0.2) is 0 Å². The lowest BCUT2D eigenvalue weighted by Gasteiger charge is -2.40. The van der Waals surface area contributed by atoms with Crippen molar-refractivity contribution >= 4 is 23.5 Å². The van der Waals surface area contributed by atoms with Crippen LogP contribution in [0.15, 0.2) is 5.16 Å². The molecule has 2 aliphatic rings. The molecule has 0 saturated carbocycles. The Labute approximate surface area is 124 Å². The number of nitrogens with two attached hydrogens (primary N) is 1. The second-order valence-electron chi connectivity index (χ2n) is 5.71. The first kappa shape index (κ1) is 15.4. The monoisotopic (exact) mass is 300 g/mol. The van der Waals surface area contributed by atoms with Gasteiger partial charge in [0, 0.05) is 26.2 Å². The van der Waals surface area contributed by atoms with E-state index < -0.39 is 0 Å². The van der Waals surface area contributed by atoms with Gasteiger partial charge in [0.2, 0.25) is 5.91 Å². The van der Waals surface area contributed by atoms with Crippen LogP contribution < -0.4 is 5.73 Å². The van der Waals surface area contributed by atoms with Gasteiger partial charge in [-0.2, -0.15) is 0 Å². The van der Waals surface area contributed by atoms with Gasteiger partial charge in [0.1, 0.15) is 0 Å². The number of carbonyl (C=O) groups is 1. The topological polar surface area (TPSA) is 82.2 Å². The summed E-state index contributed by atoms with van der Waals surface area (Å²) in [5.41, 5.74) is 5.64. The van der Waals surface area contributed by atoms with Crippen LogP contribution in [-0.2, 0) is 4.79 Å². The van der Waals surface area contributed by atoms with Crippen molar-refractivity contribution in [3.8, 4) is 0 Å². The number of piperazine rings is 1. The molecule has 0 aliphatic carbocycles. The largest absolute Gasteiger partial charge is 0.409 e. The molecule has 0 aromatic carbocycles. The molecule has 0 spiro atoms. The zero-order valence-corrected chi connectivity index (χ0v) is 13.0. The van der Waals surface area contributed by atoms with Gasteiger partial charge in [0.15, 0.2) is 5.84 Å². The minimum atomic E-state index is -0.223. The predicted molar refractivity (Wildman–Crippen MR) is 81.1 cm³/mol. The average molecular weight is 300 g/mol. The maximum atomic E-state index is 12.6. The van der Waals surface area contributed by atoms with Gasteiger partial charge in [-0.1, -0.05) is 5.16 Å². The van der Waals surface area contributed by atoms with Crippen LogP contribution in [0.5, 0.6) is 0 Å². The van der Waals surface area contributed by atoms with Crippen molar-refractivity contribution in [2.75, 3.05) is 31.9 Å². The van der Waals surface area contributed by atoms with Gasteiger partial charge >= 0.3 is 0 Å². The summed E-state index contributed by atoms with van der Waals surface area (Å²) in [5.74, 6) is 1.59. The van der Waals surface area contributed by atoms with Crippen LogP contribution in [0, 0.1) is 0 Å². The van der Waals surface area contributed by atoms with Crippen LogP contribution in [0.25, 0.3) is 0 Å². The van der Waals surface area contributed by atoms with Crippen molar-refractivity contribution in [3.63, 3.8) is 0 Å². The van der Waals surface area contributed by atoms with Crippen molar-refractivity contribution in [3.05, 3.63) is 0 Å². The Morgan fingerprint density at radius 3 is 2.55 bits per heavy atom. The number of amides is 1. The first-order chi connectivity index (χ1) is 9.48. The number of hydrogen-bond donors (Lipinski definition) is 2. The molecule has 2 saturated heterocycles. The summed E-state index contributed by atoms with van der Waals surface area (Å²) in [4.78, 5) is 16.7. The summed E-state index contributed by atoms with van der Waals surface area (Å²) in [6, 6.07) is -0.0892. The quantitative estimate of drug-likeness (QED) is 0.344. The van der Waals surface area contributed by atoms with Crippen molar-refractivity contribution in [1.29, 1.82) is 0 Å². The zero-order chi connectivity index (χ0) is 14.8. The lowest BCUT2D eigenvalue weighted by Crippen LogP contribution is -2.56. The van der Waals surface area contributed by atoms with Crippen LogP contribution in [0.4, 0.5) is 0 Å². The number of carbonyl (C=O) groups excluding carboxylic acids is 1. The Balaban J connectivity index is 1.89. The van der Waals surface area contributed by atoms with E-state index in [9.17, 15) is 4.79 Å². The fourth-order valence-corrected chi connectivity index (χ4v) is 4.15. The number of oxime groups is 1. The van der Waals surface area contributed by atoms with Crippen molar-refractivity contribution in [2.24, 2.45) is 10.9 Å². The van der Waals surface area contributed by atoms with Crippen LogP contribution >= 0.6 is 11.8 Å². The first-order valence-corrected chi connectivity index (χ1v) is 8.11. The Hall–Kier alpha value is -0.950. The second-order valence-corrected chi connectivity index (χ2v) is 7.31. The van der Waals surface area contributed by atoms with Crippen molar-refractivity contribution < 1.29 is 10.0 Å². The molecule has 6 nitrogen and oxygen atoms in total. The minimum absolute atomic E-state index is 0.0892. The highest BCUT2D eigenvalue weighted by Gasteiger charge is 2.41. The summed E-state index contributed by atoms with van der Waals surface area (Å²) in [6.45, 7) is 6.96. The summed E-state index contributed by atoms with van der Waals surface area (Å²) in [7, 11) is 0. The van der Waals surface area contributed by atoms with Gasteiger partial charge < -0.3 is 15.8 Å². The molecule has 1 amide bonds. The molecule has 2 heterocycles. The molecular formula is C13H24N4O2S. The first-order valence-electron chi connectivity index (χ1n) is 7.13. The summed E-state index contributed by atoms with van der Waals surface area (Å²) in [5, 5.41) is 11.8. The molecule has 2 aliphatic heterocycles.